The van der Waals surface area contributed by atoms with Crippen LogP contribution in [0.3, 0.4) is 0 Å². The number of ether oxygens (including phenoxy) is 2. The van der Waals surface area contributed by atoms with Crippen LogP contribution in [-0.2, 0) is 4.74 Å². The Morgan fingerprint density at radius 1 is 1.22 bits per heavy atom. The molecule has 0 radical (unpaired) electrons. The monoisotopic (exact) mass is 423 g/mol. The Labute approximate surface area is 142 Å². The van der Waals surface area contributed by atoms with Gasteiger partial charge in [-0.1, -0.05) is 54.2 Å². The third-order valence-corrected chi connectivity index (χ3v) is 3.69. The number of amides is 1. The zero-order valence-electron chi connectivity index (χ0n) is 11.1. The van der Waals surface area contributed by atoms with E-state index in [0.717, 1.165) is 7.11 Å². The van der Waals surface area contributed by atoms with Gasteiger partial charge in [-0.15, -0.1) is 0 Å². The molecule has 4 nitrogen and oxygen atoms in total. The smallest absolute Gasteiger partial charge is 0.411 e. The minimum atomic E-state index is -9.92. The van der Waals surface area contributed by atoms with E-state index in [-0.39, 0.29) is 17.9 Å². The maximum absolute atomic E-state index is 12.8. The number of alkyl halides is 3. The number of rotatable bonds is 4. The van der Waals surface area contributed by atoms with Crippen molar-refractivity contribution < 1.29 is 33.7 Å². The van der Waals surface area contributed by atoms with E-state index in [2.05, 4.69) is 9.47 Å². The molecule has 0 heterocycles. The molecule has 1 aromatic carbocycles. The largest absolute Gasteiger partial charge is 0.495 e. The van der Waals surface area contributed by atoms with Crippen molar-refractivity contribution >= 4 is 56.8 Å². The summed E-state index contributed by atoms with van der Waals surface area (Å²) in [6.45, 7) is -0.715. The maximum atomic E-state index is 12.8. The van der Waals surface area contributed by atoms with Crippen molar-refractivity contribution in [3.8, 4) is 5.75 Å². The molecule has 1 aromatic rings. The van der Waals surface area contributed by atoms with Gasteiger partial charge in [0, 0.05) is 0 Å². The van der Waals surface area contributed by atoms with Crippen LogP contribution in [0.2, 0.25) is 0 Å². The van der Waals surface area contributed by atoms with Crippen LogP contribution in [0.4, 0.5) is 29.9 Å². The molecular formula is C10H9Cl3F5NO3S. The summed E-state index contributed by atoms with van der Waals surface area (Å²) in [5.74, 6) is -0.304. The van der Waals surface area contributed by atoms with Crippen LogP contribution in [0.15, 0.2) is 23.1 Å². The van der Waals surface area contributed by atoms with Gasteiger partial charge in [-0.05, 0) is 18.2 Å². The standard InChI is InChI=1S/C10H9Cl3F5NO3S/c1-21-8-3-2-6(23(14,15,16,17)18)4-7(8)19-9(20)22-5-10(11,12)13/h2-4H,5H2,1H3,(H,19,20). The van der Waals surface area contributed by atoms with Crippen molar-refractivity contribution in [1.29, 1.82) is 0 Å². The van der Waals surface area contributed by atoms with Crippen LogP contribution in [0.25, 0.3) is 0 Å². The van der Waals surface area contributed by atoms with Gasteiger partial charge in [0.25, 0.3) is 0 Å². The van der Waals surface area contributed by atoms with Crippen molar-refractivity contribution in [3.05, 3.63) is 18.2 Å². The fourth-order valence-electron chi connectivity index (χ4n) is 1.32. The molecule has 1 amide bonds. The highest BCUT2D eigenvalue weighted by molar-refractivity contribution is 8.45. The van der Waals surface area contributed by atoms with E-state index < -0.39 is 37.3 Å². The molecule has 0 unspecified atom stereocenters. The number of carbonyl (C=O) groups excluding carboxylic acids is 1. The van der Waals surface area contributed by atoms with Gasteiger partial charge in [0.2, 0.25) is 3.79 Å². The van der Waals surface area contributed by atoms with E-state index >= 15 is 0 Å². The minimum absolute atomic E-state index is 0.0248. The molecule has 0 aliphatic carbocycles. The van der Waals surface area contributed by atoms with Crippen molar-refractivity contribution in [2.45, 2.75) is 8.69 Å². The second-order valence-electron chi connectivity index (χ2n) is 4.15. The number of hydrogen-bond acceptors (Lipinski definition) is 3. The first-order valence-corrected chi connectivity index (χ1v) is 8.53. The van der Waals surface area contributed by atoms with Gasteiger partial charge in [-0.25, -0.2) is 4.79 Å². The summed E-state index contributed by atoms with van der Waals surface area (Å²) in [7, 11) is -8.86. The first-order chi connectivity index (χ1) is 10.0. The number of anilines is 1. The fourth-order valence-corrected chi connectivity index (χ4v) is 2.15. The maximum Gasteiger partial charge on any atom is 0.411 e. The molecular weight excluding hydrogens is 416 g/mol. The molecule has 0 spiro atoms. The van der Waals surface area contributed by atoms with Crippen LogP contribution in [0.1, 0.15) is 0 Å². The first-order valence-electron chi connectivity index (χ1n) is 5.44. The highest BCUT2D eigenvalue weighted by Gasteiger charge is 2.65. The predicted molar refractivity (Wildman–Crippen MR) is 79.7 cm³/mol. The van der Waals surface area contributed by atoms with Gasteiger partial charge < -0.3 is 9.47 Å². The predicted octanol–water partition coefficient (Wildman–Crippen LogP) is 6.27. The van der Waals surface area contributed by atoms with Crippen LogP contribution in [0, 0.1) is 0 Å². The normalized spacial score (nSPS) is 15.3. The quantitative estimate of drug-likeness (QED) is 0.458. The zero-order valence-corrected chi connectivity index (χ0v) is 14.2. The lowest BCUT2D eigenvalue weighted by atomic mass is 10.3. The van der Waals surface area contributed by atoms with E-state index in [1.807, 2.05) is 0 Å². The van der Waals surface area contributed by atoms with E-state index in [0.29, 0.717) is 6.07 Å². The Bertz CT molecular complexity index is 620. The van der Waals surface area contributed by atoms with Gasteiger partial charge in [-0.2, -0.15) is 0 Å². The Morgan fingerprint density at radius 2 is 1.78 bits per heavy atom. The lowest BCUT2D eigenvalue weighted by Crippen LogP contribution is -2.21. The molecule has 1 rings (SSSR count). The summed E-state index contributed by atoms with van der Waals surface area (Å²) in [5.41, 5.74) is -0.687. The molecule has 0 aliphatic rings. The highest BCUT2D eigenvalue weighted by atomic mass is 35.6. The average molecular weight is 425 g/mol. The molecule has 0 aromatic heterocycles. The fraction of sp³-hybridized carbons (Fsp3) is 0.300. The third kappa shape index (κ3) is 6.66. The Balaban J connectivity index is 3.09. The highest BCUT2D eigenvalue weighted by Crippen LogP contribution is 3.02. The SMILES string of the molecule is COc1ccc(S(F)(F)(F)(F)F)cc1NC(=O)OCC(Cl)(Cl)Cl. The van der Waals surface area contributed by atoms with E-state index in [4.69, 9.17) is 34.8 Å². The summed E-state index contributed by atoms with van der Waals surface area (Å²) in [4.78, 5) is 9.22. The second kappa shape index (κ2) is 5.61. The average Bonchev–Trinajstić information content (AvgIpc) is 2.33. The molecule has 0 aliphatic heterocycles. The molecule has 23 heavy (non-hydrogen) atoms. The van der Waals surface area contributed by atoms with E-state index in [9.17, 15) is 24.2 Å². The summed E-state index contributed by atoms with van der Waals surface area (Å²) in [6, 6.07) is 0.785. The molecule has 0 saturated heterocycles. The van der Waals surface area contributed by atoms with Crippen molar-refractivity contribution in [2.75, 3.05) is 19.0 Å². The lowest BCUT2D eigenvalue weighted by Gasteiger charge is -2.40. The van der Waals surface area contributed by atoms with Crippen LogP contribution < -0.4 is 10.1 Å². The van der Waals surface area contributed by atoms with Gasteiger partial charge >= 0.3 is 16.3 Å². The summed E-state index contributed by atoms with van der Waals surface area (Å²) >= 11 is 16.0. The van der Waals surface area contributed by atoms with Crippen LogP contribution in [-0.4, -0.2) is 23.6 Å². The Kier molecular flexibility index (Phi) is 4.93. The van der Waals surface area contributed by atoms with E-state index in [1.54, 1.807) is 5.32 Å². The molecule has 0 saturated carbocycles. The molecule has 0 atom stereocenters. The van der Waals surface area contributed by atoms with Gasteiger partial charge in [-0.3, -0.25) is 5.32 Å². The summed E-state index contributed by atoms with van der Waals surface area (Å²) < 4.78 is 71.0. The molecule has 0 bridgehead atoms. The van der Waals surface area contributed by atoms with Crippen molar-refractivity contribution in [2.24, 2.45) is 0 Å². The van der Waals surface area contributed by atoms with Gasteiger partial charge in [0.1, 0.15) is 17.3 Å². The van der Waals surface area contributed by atoms with Crippen LogP contribution >= 0.6 is 45.0 Å². The summed E-state index contributed by atoms with van der Waals surface area (Å²) in [5, 5.41) is 1.80. The van der Waals surface area contributed by atoms with Gasteiger partial charge in [0.15, 0.2) is 0 Å². The Morgan fingerprint density at radius 3 is 2.22 bits per heavy atom. The summed E-state index contributed by atoms with van der Waals surface area (Å²) in [6.07, 6.45) is -1.33. The van der Waals surface area contributed by atoms with Crippen LogP contribution in [0.5, 0.6) is 5.75 Å². The zero-order chi connectivity index (χ0) is 18.2. The number of nitrogens with one attached hydrogen (secondary N) is 1. The van der Waals surface area contributed by atoms with Crippen molar-refractivity contribution in [1.82, 2.24) is 0 Å². The second-order valence-corrected chi connectivity index (χ2v) is 9.07. The number of carbonyl (C=O) groups is 1. The lowest BCUT2D eigenvalue weighted by molar-refractivity contribution is 0.163. The van der Waals surface area contributed by atoms with Crippen molar-refractivity contribution in [3.63, 3.8) is 0 Å². The third-order valence-electron chi connectivity index (χ3n) is 2.22. The number of methoxy groups -OCH3 is 1. The topological polar surface area (TPSA) is 47.6 Å². The molecule has 13 heteroatoms. The molecule has 134 valence electrons. The Hall–Kier alpha value is -0.840. The first kappa shape index (κ1) is 20.2. The minimum Gasteiger partial charge on any atom is -0.495 e. The molecule has 1 N–H and O–H groups in total. The number of halogens is 8. The van der Waals surface area contributed by atoms with E-state index in [1.165, 1.54) is 0 Å². The number of benzene rings is 1. The number of hydrogen-bond donors (Lipinski definition) is 1. The van der Waals surface area contributed by atoms with Gasteiger partial charge in [0.05, 0.1) is 12.8 Å². The molecule has 0 fully saturated rings.